The van der Waals surface area contributed by atoms with Crippen molar-refractivity contribution in [1.29, 1.82) is 0 Å². The van der Waals surface area contributed by atoms with Gasteiger partial charge in [-0.15, -0.1) is 4.31 Å². The maximum Gasteiger partial charge on any atom is 0.160 e. The van der Waals surface area contributed by atoms with E-state index < -0.39 is 11.4 Å². The van der Waals surface area contributed by atoms with Gasteiger partial charge in [-0.1, -0.05) is 6.07 Å². The molecule has 180 valence electrons. The molecule has 34 heavy (non-hydrogen) atoms. The summed E-state index contributed by atoms with van der Waals surface area (Å²) in [5.41, 5.74) is 7.52. The predicted octanol–water partition coefficient (Wildman–Crippen LogP) is 3.37. The van der Waals surface area contributed by atoms with E-state index in [1.165, 1.54) is 28.1 Å². The Balaban J connectivity index is 1.40. The highest BCUT2D eigenvalue weighted by Gasteiger charge is 2.34. The highest BCUT2D eigenvalue weighted by molar-refractivity contribution is 7.88. The molecule has 3 aliphatic rings. The van der Waals surface area contributed by atoms with Crippen LogP contribution >= 0.6 is 0 Å². The largest absolute Gasteiger partial charge is 0.598 e. The molecule has 1 saturated heterocycles. The Bertz CT molecular complexity index is 1180. The monoisotopic (exact) mass is 480 g/mol. The van der Waals surface area contributed by atoms with Crippen LogP contribution in [0.25, 0.3) is 11.1 Å². The quantitative estimate of drug-likeness (QED) is 0.533. The van der Waals surface area contributed by atoms with Crippen molar-refractivity contribution in [2.75, 3.05) is 37.5 Å². The van der Waals surface area contributed by atoms with E-state index in [1.807, 2.05) is 17.9 Å². The molecular formula is C25H32N6O2S. The minimum atomic E-state index is -0.986. The number of nitrogens with zero attached hydrogens (tertiary/aromatic N) is 6. The first-order valence-corrected chi connectivity index (χ1v) is 13.8. The normalized spacial score (nSPS) is 20.3. The molecule has 1 atom stereocenters. The molecule has 8 nitrogen and oxygen atoms in total. The van der Waals surface area contributed by atoms with Crippen molar-refractivity contribution in [3.63, 3.8) is 0 Å². The van der Waals surface area contributed by atoms with Gasteiger partial charge >= 0.3 is 0 Å². The highest BCUT2D eigenvalue weighted by atomic mass is 32.2. The van der Waals surface area contributed by atoms with Crippen LogP contribution in [-0.2, 0) is 42.5 Å². The lowest BCUT2D eigenvalue weighted by Gasteiger charge is -2.32. The second kappa shape index (κ2) is 9.03. The van der Waals surface area contributed by atoms with Gasteiger partial charge in [-0.25, -0.2) is 0 Å². The number of benzene rings is 1. The second-order valence-corrected chi connectivity index (χ2v) is 10.9. The number of aromatic nitrogens is 4. The van der Waals surface area contributed by atoms with Gasteiger partial charge in [0.2, 0.25) is 0 Å². The van der Waals surface area contributed by atoms with Crippen LogP contribution in [0.4, 0.5) is 11.5 Å². The number of hydrogen-bond acceptors (Lipinski definition) is 6. The van der Waals surface area contributed by atoms with Gasteiger partial charge < -0.3 is 14.2 Å². The smallest absolute Gasteiger partial charge is 0.160 e. The van der Waals surface area contributed by atoms with Gasteiger partial charge in [0, 0.05) is 73.3 Å². The molecule has 0 bridgehead atoms. The first-order valence-electron chi connectivity index (χ1n) is 12.2. The summed E-state index contributed by atoms with van der Waals surface area (Å²) in [6.45, 7) is 4.05. The van der Waals surface area contributed by atoms with Crippen molar-refractivity contribution in [1.82, 2.24) is 23.9 Å². The van der Waals surface area contributed by atoms with E-state index in [9.17, 15) is 4.55 Å². The van der Waals surface area contributed by atoms with Gasteiger partial charge in [-0.2, -0.15) is 10.2 Å². The number of anilines is 2. The summed E-state index contributed by atoms with van der Waals surface area (Å²) < 4.78 is 24.2. The molecule has 0 N–H and O–H groups in total. The third-order valence-corrected chi connectivity index (χ3v) is 8.46. The lowest BCUT2D eigenvalue weighted by atomic mass is 9.96. The summed E-state index contributed by atoms with van der Waals surface area (Å²) >= 11 is -0.986. The van der Waals surface area contributed by atoms with E-state index >= 15 is 0 Å². The molecule has 0 saturated carbocycles. The number of rotatable bonds is 4. The summed E-state index contributed by atoms with van der Waals surface area (Å²) in [6.07, 6.45) is 10.8. The van der Waals surface area contributed by atoms with E-state index in [4.69, 9.17) is 9.84 Å². The van der Waals surface area contributed by atoms with Crippen LogP contribution in [0.3, 0.4) is 0 Å². The summed E-state index contributed by atoms with van der Waals surface area (Å²) in [7, 11) is 1.95. The van der Waals surface area contributed by atoms with Gasteiger partial charge in [0.05, 0.1) is 25.3 Å². The van der Waals surface area contributed by atoms with Crippen molar-refractivity contribution in [2.45, 2.75) is 44.7 Å². The van der Waals surface area contributed by atoms with E-state index in [0.29, 0.717) is 12.6 Å². The van der Waals surface area contributed by atoms with Crippen LogP contribution in [0.2, 0.25) is 0 Å². The lowest BCUT2D eigenvalue weighted by Crippen LogP contribution is -2.36. The fraction of sp³-hybridized carbons (Fsp3) is 0.520. The Kier molecular flexibility index (Phi) is 5.89. The van der Waals surface area contributed by atoms with Crippen LogP contribution in [0.5, 0.6) is 0 Å². The first kappa shape index (κ1) is 22.2. The molecule has 2 aromatic heterocycles. The number of fused-ring (bicyclic) bond motifs is 2. The molecule has 0 aliphatic carbocycles. The van der Waals surface area contributed by atoms with E-state index in [2.05, 4.69) is 43.4 Å². The fourth-order valence-corrected chi connectivity index (χ4v) is 6.30. The SMILES string of the molecule is Cn1cc(-c2ccc3c(c2)CCCN3c2nn(C3CCOCC3)c3c2CN([S+](C)[O-])CC3)cn1. The van der Waals surface area contributed by atoms with Gasteiger partial charge in [0.25, 0.3) is 0 Å². The van der Waals surface area contributed by atoms with Crippen LogP contribution in [0, 0.1) is 0 Å². The summed E-state index contributed by atoms with van der Waals surface area (Å²) in [4.78, 5) is 2.41. The third kappa shape index (κ3) is 3.94. The number of aryl methyl sites for hydroxylation is 2. The van der Waals surface area contributed by atoms with E-state index in [-0.39, 0.29) is 0 Å². The molecule has 0 amide bonds. The Morgan fingerprint density at radius 3 is 2.74 bits per heavy atom. The minimum Gasteiger partial charge on any atom is -0.598 e. The lowest BCUT2D eigenvalue weighted by molar-refractivity contribution is 0.0652. The van der Waals surface area contributed by atoms with Crippen LogP contribution in [-0.4, -0.2) is 61.0 Å². The molecule has 9 heteroatoms. The Labute approximate surface area is 203 Å². The van der Waals surface area contributed by atoms with Crippen molar-refractivity contribution in [3.05, 3.63) is 47.4 Å². The Morgan fingerprint density at radius 2 is 1.97 bits per heavy atom. The van der Waals surface area contributed by atoms with Gasteiger partial charge in [-0.3, -0.25) is 9.36 Å². The molecule has 3 aliphatic heterocycles. The van der Waals surface area contributed by atoms with Crippen LogP contribution in [0.1, 0.15) is 42.1 Å². The summed E-state index contributed by atoms with van der Waals surface area (Å²) in [6, 6.07) is 7.14. The standard InChI is InChI=1S/C25H32N6O2S/c1-28-16-20(15-26-28)18-5-6-23-19(14-18)4-3-10-30(23)25-22-17-29(34(2)32)11-7-24(22)31(27-25)21-8-12-33-13-9-21/h5-6,14-16,21H,3-4,7-13,17H2,1-2H3. The zero-order valence-corrected chi connectivity index (χ0v) is 20.8. The maximum atomic E-state index is 12.3. The maximum absolute atomic E-state index is 12.3. The van der Waals surface area contributed by atoms with Crippen molar-refractivity contribution >= 4 is 22.9 Å². The summed E-state index contributed by atoms with van der Waals surface area (Å²) in [5, 5.41) is 9.60. The topological polar surface area (TPSA) is 74.4 Å². The summed E-state index contributed by atoms with van der Waals surface area (Å²) in [5.74, 6) is 1.05. The van der Waals surface area contributed by atoms with Crippen LogP contribution < -0.4 is 4.90 Å². The fourth-order valence-electron chi connectivity index (χ4n) is 5.64. The molecule has 5 heterocycles. The zero-order valence-electron chi connectivity index (χ0n) is 19.9. The van der Waals surface area contributed by atoms with Crippen molar-refractivity contribution in [2.24, 2.45) is 7.05 Å². The molecule has 1 aromatic carbocycles. The third-order valence-electron chi connectivity index (χ3n) is 7.42. The van der Waals surface area contributed by atoms with E-state index in [1.54, 1.807) is 6.26 Å². The van der Waals surface area contributed by atoms with Crippen molar-refractivity contribution < 1.29 is 9.29 Å². The average molecular weight is 481 g/mol. The minimum absolute atomic E-state index is 0.382. The average Bonchev–Trinajstić information content (AvgIpc) is 3.47. The van der Waals surface area contributed by atoms with Crippen LogP contribution in [0.15, 0.2) is 30.6 Å². The van der Waals surface area contributed by atoms with Gasteiger partial charge in [0.15, 0.2) is 5.82 Å². The molecule has 3 aromatic rings. The molecule has 0 radical (unpaired) electrons. The molecule has 0 spiro atoms. The van der Waals surface area contributed by atoms with E-state index in [0.717, 1.165) is 69.8 Å². The second-order valence-electron chi connectivity index (χ2n) is 9.58. The molecule has 1 fully saturated rings. The molecular weight excluding hydrogens is 448 g/mol. The zero-order chi connectivity index (χ0) is 23.2. The van der Waals surface area contributed by atoms with Gasteiger partial charge in [-0.05, 0) is 48.9 Å². The number of ether oxygens (including phenoxy) is 1. The van der Waals surface area contributed by atoms with Crippen molar-refractivity contribution in [3.8, 4) is 11.1 Å². The number of hydrogen-bond donors (Lipinski definition) is 0. The molecule has 1 unspecified atom stereocenters. The predicted molar refractivity (Wildman–Crippen MR) is 133 cm³/mol. The Hall–Kier alpha value is -2.33. The Morgan fingerprint density at radius 1 is 1.12 bits per heavy atom. The molecule has 6 rings (SSSR count). The van der Waals surface area contributed by atoms with Gasteiger partial charge in [0.1, 0.15) is 6.26 Å². The first-order chi connectivity index (χ1) is 16.6. The highest BCUT2D eigenvalue weighted by Crippen LogP contribution is 2.40.